The summed E-state index contributed by atoms with van der Waals surface area (Å²) in [6.07, 6.45) is 5.15. The highest BCUT2D eigenvalue weighted by molar-refractivity contribution is 5.69. The Kier molecular flexibility index (Phi) is 3.50. The minimum Gasteiger partial charge on any atom is -0.481 e. The second kappa shape index (κ2) is 5.17. The first kappa shape index (κ1) is 13.6. The minimum atomic E-state index is -0.771. The van der Waals surface area contributed by atoms with Crippen molar-refractivity contribution in [3.8, 4) is 0 Å². The van der Waals surface area contributed by atoms with Gasteiger partial charge in [0.25, 0.3) is 0 Å². The Morgan fingerprint density at radius 2 is 2.05 bits per heavy atom. The third-order valence-corrected chi connectivity index (χ3v) is 4.78. The smallest absolute Gasteiger partial charge is 0.305 e. The van der Waals surface area contributed by atoms with Crippen LogP contribution in [0.25, 0.3) is 0 Å². The molecule has 4 heteroatoms. The number of benzene rings is 1. The normalized spacial score (nSPS) is 26.4. The SMILES string of the molecule is O=C(O)CC1(N2CCCCC2)CCc2cc(F)ccc21. The Bertz CT molecular complexity index is 525. The second-order valence-corrected chi connectivity index (χ2v) is 5.95. The molecule has 0 spiro atoms. The fourth-order valence-electron chi connectivity index (χ4n) is 3.90. The Balaban J connectivity index is 2.02. The van der Waals surface area contributed by atoms with E-state index in [1.807, 2.05) is 0 Å². The Labute approximate surface area is 118 Å². The fraction of sp³-hybridized carbons (Fsp3) is 0.562. The summed E-state index contributed by atoms with van der Waals surface area (Å²) in [5.41, 5.74) is 1.59. The average Bonchev–Trinajstić information content (AvgIpc) is 2.78. The van der Waals surface area contributed by atoms with Crippen molar-refractivity contribution in [2.45, 2.75) is 44.1 Å². The molecule has 108 valence electrons. The first-order valence-corrected chi connectivity index (χ1v) is 7.38. The minimum absolute atomic E-state index is 0.117. The predicted octanol–water partition coefficient (Wildman–Crippen LogP) is 2.93. The van der Waals surface area contributed by atoms with E-state index < -0.39 is 11.5 Å². The van der Waals surface area contributed by atoms with Crippen molar-refractivity contribution < 1.29 is 14.3 Å². The third-order valence-electron chi connectivity index (χ3n) is 4.78. The number of rotatable bonds is 3. The van der Waals surface area contributed by atoms with Crippen LogP contribution in [0, 0.1) is 5.82 Å². The molecule has 1 heterocycles. The van der Waals surface area contributed by atoms with E-state index in [0.29, 0.717) is 0 Å². The van der Waals surface area contributed by atoms with Crippen LogP contribution in [0.4, 0.5) is 4.39 Å². The van der Waals surface area contributed by atoms with Gasteiger partial charge in [-0.25, -0.2) is 4.39 Å². The van der Waals surface area contributed by atoms with Crippen molar-refractivity contribution in [1.82, 2.24) is 4.90 Å². The summed E-state index contributed by atoms with van der Waals surface area (Å²) in [5, 5.41) is 9.35. The molecule has 1 aliphatic heterocycles. The number of hydrogen-bond acceptors (Lipinski definition) is 2. The van der Waals surface area contributed by atoms with Gasteiger partial charge in [0, 0.05) is 0 Å². The maximum atomic E-state index is 13.4. The number of halogens is 1. The highest BCUT2D eigenvalue weighted by atomic mass is 19.1. The average molecular weight is 277 g/mol. The van der Waals surface area contributed by atoms with Gasteiger partial charge in [0.15, 0.2) is 0 Å². The van der Waals surface area contributed by atoms with Gasteiger partial charge in [-0.2, -0.15) is 0 Å². The number of likely N-dealkylation sites (tertiary alicyclic amines) is 1. The summed E-state index contributed by atoms with van der Waals surface area (Å²) < 4.78 is 13.4. The molecule has 0 saturated carbocycles. The number of aliphatic carboxylic acids is 1. The van der Waals surface area contributed by atoms with Crippen molar-refractivity contribution in [3.05, 3.63) is 35.1 Å². The van der Waals surface area contributed by atoms with Crippen LogP contribution in [-0.4, -0.2) is 29.1 Å². The van der Waals surface area contributed by atoms with Crippen molar-refractivity contribution in [1.29, 1.82) is 0 Å². The van der Waals surface area contributed by atoms with Gasteiger partial charge in [-0.3, -0.25) is 9.69 Å². The molecule has 3 rings (SSSR count). The Morgan fingerprint density at radius 1 is 1.30 bits per heavy atom. The van der Waals surface area contributed by atoms with Gasteiger partial charge in [0.1, 0.15) is 5.82 Å². The van der Waals surface area contributed by atoms with E-state index in [9.17, 15) is 14.3 Å². The number of piperidine rings is 1. The number of carboxylic acid groups (broad SMARTS) is 1. The monoisotopic (exact) mass is 277 g/mol. The molecule has 1 saturated heterocycles. The molecule has 20 heavy (non-hydrogen) atoms. The van der Waals surface area contributed by atoms with E-state index in [0.717, 1.165) is 49.9 Å². The van der Waals surface area contributed by atoms with Gasteiger partial charge in [-0.05, 0) is 62.0 Å². The molecule has 0 bridgehead atoms. The quantitative estimate of drug-likeness (QED) is 0.923. The number of nitrogens with zero attached hydrogens (tertiary/aromatic N) is 1. The number of fused-ring (bicyclic) bond motifs is 1. The van der Waals surface area contributed by atoms with E-state index in [1.165, 1.54) is 12.5 Å². The van der Waals surface area contributed by atoms with Crippen LogP contribution in [0.5, 0.6) is 0 Å². The third kappa shape index (κ3) is 2.22. The predicted molar refractivity (Wildman–Crippen MR) is 74.1 cm³/mol. The number of aryl methyl sites for hydroxylation is 1. The lowest BCUT2D eigenvalue weighted by molar-refractivity contribution is -0.141. The van der Waals surface area contributed by atoms with Gasteiger partial charge >= 0.3 is 5.97 Å². The first-order valence-electron chi connectivity index (χ1n) is 7.38. The zero-order valence-corrected chi connectivity index (χ0v) is 11.6. The molecule has 0 radical (unpaired) electrons. The molecule has 0 aromatic heterocycles. The van der Waals surface area contributed by atoms with Crippen LogP contribution in [-0.2, 0) is 16.8 Å². The number of hydrogen-bond donors (Lipinski definition) is 1. The zero-order valence-electron chi connectivity index (χ0n) is 11.6. The van der Waals surface area contributed by atoms with Crippen LogP contribution in [0.3, 0.4) is 0 Å². The van der Waals surface area contributed by atoms with E-state index in [-0.39, 0.29) is 12.2 Å². The van der Waals surface area contributed by atoms with Crippen molar-refractivity contribution in [2.24, 2.45) is 0 Å². The molecule has 2 aliphatic rings. The molecule has 1 unspecified atom stereocenters. The van der Waals surface area contributed by atoms with Crippen LogP contribution in [0.15, 0.2) is 18.2 Å². The first-order chi connectivity index (χ1) is 9.62. The Morgan fingerprint density at radius 3 is 2.75 bits per heavy atom. The zero-order chi connectivity index (χ0) is 14.2. The summed E-state index contributed by atoms with van der Waals surface area (Å²) in [6, 6.07) is 4.84. The lowest BCUT2D eigenvalue weighted by Crippen LogP contribution is -2.48. The molecular weight excluding hydrogens is 257 g/mol. The van der Waals surface area contributed by atoms with Gasteiger partial charge in [-0.15, -0.1) is 0 Å². The molecule has 1 fully saturated rings. The lowest BCUT2D eigenvalue weighted by atomic mass is 9.84. The molecular formula is C16H20FNO2. The standard InChI is InChI=1S/C16H20FNO2/c17-13-4-5-14-12(10-13)6-7-16(14,11-15(19)20)18-8-2-1-3-9-18/h4-5,10H,1-3,6-9,11H2,(H,19,20). The molecule has 1 aromatic rings. The maximum Gasteiger partial charge on any atom is 0.305 e. The van der Waals surface area contributed by atoms with E-state index >= 15 is 0 Å². The summed E-state index contributed by atoms with van der Waals surface area (Å²) in [7, 11) is 0. The summed E-state index contributed by atoms with van der Waals surface area (Å²) in [6.45, 7) is 1.90. The number of carbonyl (C=O) groups is 1. The maximum absolute atomic E-state index is 13.4. The van der Waals surface area contributed by atoms with E-state index in [1.54, 1.807) is 12.1 Å². The van der Waals surface area contributed by atoms with Crippen LogP contribution in [0.1, 0.15) is 43.2 Å². The van der Waals surface area contributed by atoms with Crippen molar-refractivity contribution in [3.63, 3.8) is 0 Å². The molecule has 3 nitrogen and oxygen atoms in total. The van der Waals surface area contributed by atoms with Crippen LogP contribution in [0.2, 0.25) is 0 Å². The van der Waals surface area contributed by atoms with Gasteiger partial charge in [0.2, 0.25) is 0 Å². The van der Waals surface area contributed by atoms with Gasteiger partial charge in [-0.1, -0.05) is 12.5 Å². The lowest BCUT2D eigenvalue weighted by Gasteiger charge is -2.43. The van der Waals surface area contributed by atoms with E-state index in [2.05, 4.69) is 4.90 Å². The molecule has 1 atom stereocenters. The van der Waals surface area contributed by atoms with Crippen LogP contribution < -0.4 is 0 Å². The topological polar surface area (TPSA) is 40.5 Å². The van der Waals surface area contributed by atoms with Gasteiger partial charge in [0.05, 0.1) is 12.0 Å². The van der Waals surface area contributed by atoms with E-state index in [4.69, 9.17) is 0 Å². The summed E-state index contributed by atoms with van der Waals surface area (Å²) in [5.74, 6) is -0.999. The largest absolute Gasteiger partial charge is 0.481 e. The van der Waals surface area contributed by atoms with Crippen LogP contribution >= 0.6 is 0 Å². The summed E-state index contributed by atoms with van der Waals surface area (Å²) in [4.78, 5) is 13.7. The highest BCUT2D eigenvalue weighted by Crippen LogP contribution is 2.45. The Hall–Kier alpha value is -1.42. The summed E-state index contributed by atoms with van der Waals surface area (Å²) >= 11 is 0. The molecule has 1 aliphatic carbocycles. The number of carboxylic acids is 1. The molecule has 0 amide bonds. The molecule has 1 N–H and O–H groups in total. The van der Waals surface area contributed by atoms with Gasteiger partial charge < -0.3 is 5.11 Å². The second-order valence-electron chi connectivity index (χ2n) is 5.95. The highest BCUT2D eigenvalue weighted by Gasteiger charge is 2.45. The fourth-order valence-corrected chi connectivity index (χ4v) is 3.90. The van der Waals surface area contributed by atoms with Crippen molar-refractivity contribution >= 4 is 5.97 Å². The van der Waals surface area contributed by atoms with Crippen molar-refractivity contribution in [2.75, 3.05) is 13.1 Å². The molecule has 1 aromatic carbocycles.